The number of nitrogens with one attached hydrogen (secondary N) is 1. The van der Waals surface area contributed by atoms with Crippen LogP contribution >= 0.6 is 23.2 Å². The van der Waals surface area contributed by atoms with E-state index in [1.807, 2.05) is 0 Å². The van der Waals surface area contributed by atoms with Gasteiger partial charge >= 0.3 is 0 Å². The van der Waals surface area contributed by atoms with Crippen molar-refractivity contribution in [3.8, 4) is 11.5 Å². The van der Waals surface area contributed by atoms with Crippen LogP contribution in [-0.4, -0.2) is 10.9 Å². The number of benzene rings is 3. The van der Waals surface area contributed by atoms with Crippen molar-refractivity contribution in [2.24, 2.45) is 0 Å². The predicted molar refractivity (Wildman–Crippen MR) is 109 cm³/mol. The van der Waals surface area contributed by atoms with Crippen molar-refractivity contribution in [1.29, 1.82) is 0 Å². The minimum absolute atomic E-state index is 0.0117. The first-order valence-corrected chi connectivity index (χ1v) is 8.94. The van der Waals surface area contributed by atoms with Gasteiger partial charge in [0.25, 0.3) is 11.9 Å². The second kappa shape index (κ2) is 7.42. The van der Waals surface area contributed by atoms with Crippen LogP contribution in [0.3, 0.4) is 0 Å². The number of anilines is 2. The lowest BCUT2D eigenvalue weighted by molar-refractivity contribution is 0.102. The molecule has 0 spiro atoms. The molecule has 4 aromatic rings. The summed E-state index contributed by atoms with van der Waals surface area (Å²) in [6.45, 7) is 0. The average molecular weight is 414 g/mol. The summed E-state index contributed by atoms with van der Waals surface area (Å²) in [5.74, 6) is 0.709. The maximum atomic E-state index is 12.6. The summed E-state index contributed by atoms with van der Waals surface area (Å²) in [5.41, 5.74) is 7.36. The fourth-order valence-corrected chi connectivity index (χ4v) is 3.08. The van der Waals surface area contributed by atoms with Crippen LogP contribution in [0.2, 0.25) is 10.0 Å². The Morgan fingerprint density at radius 2 is 1.86 bits per heavy atom. The minimum atomic E-state index is -0.337. The molecule has 0 radical (unpaired) electrons. The van der Waals surface area contributed by atoms with E-state index in [1.165, 1.54) is 0 Å². The molecule has 1 heterocycles. The van der Waals surface area contributed by atoms with Crippen molar-refractivity contribution >= 4 is 51.9 Å². The van der Waals surface area contributed by atoms with E-state index in [-0.39, 0.29) is 11.9 Å². The maximum Gasteiger partial charge on any atom is 0.293 e. The normalized spacial score (nSPS) is 10.8. The van der Waals surface area contributed by atoms with Gasteiger partial charge in [0.05, 0.1) is 10.6 Å². The van der Waals surface area contributed by atoms with E-state index in [0.29, 0.717) is 43.9 Å². The fourth-order valence-electron chi connectivity index (χ4n) is 2.63. The summed E-state index contributed by atoms with van der Waals surface area (Å²) in [4.78, 5) is 16.6. The fraction of sp³-hybridized carbons (Fsp3) is 0. The second-order valence-corrected chi connectivity index (χ2v) is 6.70. The maximum absolute atomic E-state index is 12.6. The SMILES string of the molecule is Nc1nc2cccc(C(=O)Nc3ccc(Oc4ccc(Cl)cc4Cl)cc3)c2o1. The van der Waals surface area contributed by atoms with Crippen molar-refractivity contribution < 1.29 is 13.9 Å². The Bertz CT molecular complexity index is 1170. The summed E-state index contributed by atoms with van der Waals surface area (Å²) in [5, 5.41) is 3.74. The molecular weight excluding hydrogens is 401 g/mol. The quantitative estimate of drug-likeness (QED) is 0.443. The Hall–Kier alpha value is -3.22. The van der Waals surface area contributed by atoms with E-state index >= 15 is 0 Å². The third-order valence-electron chi connectivity index (χ3n) is 3.91. The molecule has 28 heavy (non-hydrogen) atoms. The lowest BCUT2D eigenvalue weighted by atomic mass is 10.2. The molecule has 0 aliphatic carbocycles. The van der Waals surface area contributed by atoms with Gasteiger partial charge in [-0.2, -0.15) is 4.98 Å². The molecule has 0 fully saturated rings. The molecule has 8 heteroatoms. The van der Waals surface area contributed by atoms with Crippen LogP contribution < -0.4 is 15.8 Å². The second-order valence-electron chi connectivity index (χ2n) is 5.86. The highest BCUT2D eigenvalue weighted by atomic mass is 35.5. The molecule has 6 nitrogen and oxygen atoms in total. The number of carbonyl (C=O) groups excluding carboxylic acids is 1. The Morgan fingerprint density at radius 3 is 2.61 bits per heavy atom. The number of rotatable bonds is 4. The molecule has 140 valence electrons. The van der Waals surface area contributed by atoms with Gasteiger partial charge in [0.2, 0.25) is 0 Å². The molecule has 0 unspecified atom stereocenters. The van der Waals surface area contributed by atoms with Crippen LogP contribution in [0.15, 0.2) is 65.1 Å². The van der Waals surface area contributed by atoms with E-state index in [9.17, 15) is 4.79 Å². The zero-order valence-electron chi connectivity index (χ0n) is 14.3. The number of para-hydroxylation sites is 1. The molecule has 0 saturated carbocycles. The van der Waals surface area contributed by atoms with Gasteiger partial charge in [0.1, 0.15) is 17.0 Å². The highest BCUT2D eigenvalue weighted by Crippen LogP contribution is 2.32. The van der Waals surface area contributed by atoms with Gasteiger partial charge in [-0.3, -0.25) is 4.79 Å². The monoisotopic (exact) mass is 413 g/mol. The first-order valence-electron chi connectivity index (χ1n) is 8.19. The number of nitrogen functional groups attached to an aromatic ring is 1. The molecule has 3 N–H and O–H groups in total. The molecule has 0 aliphatic rings. The number of ether oxygens (including phenoxy) is 1. The molecule has 0 aliphatic heterocycles. The molecule has 0 bridgehead atoms. The lowest BCUT2D eigenvalue weighted by Gasteiger charge is -2.09. The van der Waals surface area contributed by atoms with Crippen molar-refractivity contribution in [3.63, 3.8) is 0 Å². The first-order chi connectivity index (χ1) is 13.5. The molecule has 0 atom stereocenters. The number of hydrogen-bond donors (Lipinski definition) is 2. The standard InChI is InChI=1S/C20H13Cl2N3O3/c21-11-4-9-17(15(22)10-11)27-13-7-5-12(6-8-13)24-19(26)14-2-1-3-16-18(14)28-20(23)25-16/h1-10H,(H2,23,25)(H,24,26). The van der Waals surface area contributed by atoms with Crippen molar-refractivity contribution in [2.75, 3.05) is 11.1 Å². The third kappa shape index (κ3) is 3.74. The van der Waals surface area contributed by atoms with Gasteiger partial charge in [-0.1, -0.05) is 29.3 Å². The number of nitrogens with zero attached hydrogens (tertiary/aromatic N) is 1. The van der Waals surface area contributed by atoms with E-state index in [2.05, 4.69) is 10.3 Å². The Kier molecular flexibility index (Phi) is 4.81. The van der Waals surface area contributed by atoms with Crippen LogP contribution in [0, 0.1) is 0 Å². The smallest absolute Gasteiger partial charge is 0.293 e. The highest BCUT2D eigenvalue weighted by Gasteiger charge is 2.15. The molecule has 1 amide bonds. The summed E-state index contributed by atoms with van der Waals surface area (Å²) in [6.07, 6.45) is 0. The van der Waals surface area contributed by atoms with Crippen LogP contribution in [0.5, 0.6) is 11.5 Å². The summed E-state index contributed by atoms with van der Waals surface area (Å²) in [6, 6.07) is 16.9. The van der Waals surface area contributed by atoms with Gasteiger partial charge in [-0.25, -0.2) is 0 Å². The number of aromatic nitrogens is 1. The van der Waals surface area contributed by atoms with Gasteiger partial charge in [0, 0.05) is 10.7 Å². The third-order valence-corrected chi connectivity index (χ3v) is 4.44. The molecular formula is C20H13Cl2N3O3. The number of halogens is 2. The van der Waals surface area contributed by atoms with E-state index in [4.69, 9.17) is 38.1 Å². The number of carbonyl (C=O) groups is 1. The van der Waals surface area contributed by atoms with Crippen molar-refractivity contribution in [2.45, 2.75) is 0 Å². The number of fused-ring (bicyclic) bond motifs is 1. The summed E-state index contributed by atoms with van der Waals surface area (Å²) < 4.78 is 11.1. The Balaban J connectivity index is 1.50. The van der Waals surface area contributed by atoms with Crippen LogP contribution in [0.4, 0.5) is 11.7 Å². The Labute approximate surface area is 169 Å². The lowest BCUT2D eigenvalue weighted by Crippen LogP contribution is -2.12. The van der Waals surface area contributed by atoms with Gasteiger partial charge in [-0.05, 0) is 54.6 Å². The average Bonchev–Trinajstić information content (AvgIpc) is 3.05. The van der Waals surface area contributed by atoms with Crippen molar-refractivity contribution in [1.82, 2.24) is 4.98 Å². The van der Waals surface area contributed by atoms with Crippen LogP contribution in [0.1, 0.15) is 10.4 Å². The van der Waals surface area contributed by atoms with E-state index in [0.717, 1.165) is 0 Å². The number of hydrogen-bond acceptors (Lipinski definition) is 5. The zero-order valence-corrected chi connectivity index (χ0v) is 15.8. The molecule has 4 rings (SSSR count). The molecule has 1 aromatic heterocycles. The van der Waals surface area contributed by atoms with E-state index in [1.54, 1.807) is 60.7 Å². The first kappa shape index (κ1) is 18.2. The number of oxazole rings is 1. The summed E-state index contributed by atoms with van der Waals surface area (Å²) in [7, 11) is 0. The zero-order chi connectivity index (χ0) is 19.7. The van der Waals surface area contributed by atoms with Crippen molar-refractivity contribution in [3.05, 3.63) is 76.3 Å². The van der Waals surface area contributed by atoms with Crippen LogP contribution in [-0.2, 0) is 0 Å². The summed E-state index contributed by atoms with van der Waals surface area (Å²) >= 11 is 12.0. The van der Waals surface area contributed by atoms with Crippen LogP contribution in [0.25, 0.3) is 11.1 Å². The Morgan fingerprint density at radius 1 is 1.07 bits per heavy atom. The topological polar surface area (TPSA) is 90.4 Å². The van der Waals surface area contributed by atoms with Gasteiger partial charge < -0.3 is 20.2 Å². The van der Waals surface area contributed by atoms with Gasteiger partial charge in [-0.15, -0.1) is 0 Å². The number of nitrogens with two attached hydrogens (primary N) is 1. The predicted octanol–water partition coefficient (Wildman–Crippen LogP) is 5.76. The number of amides is 1. The van der Waals surface area contributed by atoms with E-state index < -0.39 is 0 Å². The molecule has 0 saturated heterocycles. The largest absolute Gasteiger partial charge is 0.456 e. The van der Waals surface area contributed by atoms with Gasteiger partial charge in [0.15, 0.2) is 5.58 Å². The highest BCUT2D eigenvalue weighted by molar-refractivity contribution is 6.35. The minimum Gasteiger partial charge on any atom is -0.456 e. The molecule has 3 aromatic carbocycles.